The molecule has 1 heterocycles. The molecule has 0 N–H and O–H groups in total. The van der Waals surface area contributed by atoms with Crippen LogP contribution in [-0.2, 0) is 0 Å². The monoisotopic (exact) mass is 279 g/mol. The second kappa shape index (κ2) is 5.20. The molecule has 0 spiro atoms. The summed E-state index contributed by atoms with van der Waals surface area (Å²) in [5.74, 6) is 0. The molecule has 3 aromatic rings. The topological polar surface area (TPSA) is 41.6 Å². The number of nitriles is 1. The van der Waals surface area contributed by atoms with E-state index in [4.69, 9.17) is 16.9 Å². The summed E-state index contributed by atoms with van der Waals surface area (Å²) in [5.41, 5.74) is 3.08. The van der Waals surface area contributed by atoms with Crippen molar-refractivity contribution in [2.45, 2.75) is 0 Å². The van der Waals surface area contributed by atoms with Crippen molar-refractivity contribution < 1.29 is 0 Å². The van der Waals surface area contributed by atoms with Gasteiger partial charge in [-0.1, -0.05) is 48.0 Å². The van der Waals surface area contributed by atoms with Crippen LogP contribution in [0.15, 0.2) is 60.7 Å². The van der Waals surface area contributed by atoms with Crippen LogP contribution < -0.4 is 0 Å². The Morgan fingerprint density at radius 3 is 2.50 bits per heavy atom. The molecule has 0 amide bonds. The van der Waals surface area contributed by atoms with Crippen LogP contribution in [-0.4, -0.2) is 9.78 Å². The first-order valence-corrected chi connectivity index (χ1v) is 6.47. The van der Waals surface area contributed by atoms with E-state index in [-0.39, 0.29) is 0 Å². The van der Waals surface area contributed by atoms with Gasteiger partial charge in [0.05, 0.1) is 11.4 Å². The molecule has 96 valence electrons. The Balaban J connectivity index is 2.21. The van der Waals surface area contributed by atoms with Gasteiger partial charge < -0.3 is 0 Å². The molecule has 2 aromatic carbocycles. The zero-order valence-electron chi connectivity index (χ0n) is 10.5. The van der Waals surface area contributed by atoms with Gasteiger partial charge >= 0.3 is 0 Å². The lowest BCUT2D eigenvalue weighted by atomic mass is 10.1. The van der Waals surface area contributed by atoms with Crippen LogP contribution in [0.3, 0.4) is 0 Å². The number of hydrogen-bond donors (Lipinski definition) is 0. The van der Waals surface area contributed by atoms with Crippen LogP contribution in [0.25, 0.3) is 16.9 Å². The van der Waals surface area contributed by atoms with E-state index >= 15 is 0 Å². The van der Waals surface area contributed by atoms with Crippen molar-refractivity contribution in [3.63, 3.8) is 0 Å². The summed E-state index contributed by atoms with van der Waals surface area (Å²) in [6, 6.07) is 21.1. The van der Waals surface area contributed by atoms with Crippen molar-refractivity contribution in [1.82, 2.24) is 9.78 Å². The van der Waals surface area contributed by atoms with Gasteiger partial charge in [-0.05, 0) is 18.2 Å². The normalized spacial score (nSPS) is 10.2. The second-order valence-corrected chi connectivity index (χ2v) is 4.72. The summed E-state index contributed by atoms with van der Waals surface area (Å²) in [6.45, 7) is 0. The van der Waals surface area contributed by atoms with E-state index in [0.29, 0.717) is 10.7 Å². The average molecular weight is 280 g/mol. The molecular weight excluding hydrogens is 270 g/mol. The van der Waals surface area contributed by atoms with Crippen molar-refractivity contribution in [3.05, 3.63) is 71.4 Å². The highest BCUT2D eigenvalue weighted by molar-refractivity contribution is 6.30. The Morgan fingerprint density at radius 2 is 1.80 bits per heavy atom. The molecule has 20 heavy (non-hydrogen) atoms. The smallest absolute Gasteiger partial charge is 0.163 e. The second-order valence-electron chi connectivity index (χ2n) is 4.28. The number of halogens is 1. The van der Waals surface area contributed by atoms with Crippen LogP contribution in [0, 0.1) is 11.3 Å². The summed E-state index contributed by atoms with van der Waals surface area (Å²) in [5, 5.41) is 14.0. The van der Waals surface area contributed by atoms with E-state index in [1.54, 1.807) is 10.7 Å². The van der Waals surface area contributed by atoms with Crippen LogP contribution >= 0.6 is 11.6 Å². The van der Waals surface area contributed by atoms with Gasteiger partial charge in [-0.25, -0.2) is 4.68 Å². The lowest BCUT2D eigenvalue weighted by Gasteiger charge is -2.07. The zero-order chi connectivity index (χ0) is 13.9. The van der Waals surface area contributed by atoms with Gasteiger partial charge in [-0.3, -0.25) is 0 Å². The van der Waals surface area contributed by atoms with Crippen molar-refractivity contribution in [3.8, 4) is 23.0 Å². The van der Waals surface area contributed by atoms with Gasteiger partial charge in [0, 0.05) is 16.7 Å². The Morgan fingerprint density at radius 1 is 1.00 bits per heavy atom. The molecule has 0 aliphatic heterocycles. The summed E-state index contributed by atoms with van der Waals surface area (Å²) in [6.07, 6.45) is 0. The van der Waals surface area contributed by atoms with Crippen LogP contribution in [0.1, 0.15) is 5.69 Å². The minimum atomic E-state index is 0.379. The van der Waals surface area contributed by atoms with Gasteiger partial charge in [-0.2, -0.15) is 10.4 Å². The highest BCUT2D eigenvalue weighted by Crippen LogP contribution is 2.24. The maximum absolute atomic E-state index is 9.07. The lowest BCUT2D eigenvalue weighted by Crippen LogP contribution is -1.99. The number of benzene rings is 2. The molecule has 0 saturated carbocycles. The molecule has 0 unspecified atom stereocenters. The van der Waals surface area contributed by atoms with Crippen LogP contribution in [0.5, 0.6) is 0 Å². The van der Waals surface area contributed by atoms with Crippen molar-refractivity contribution in [2.75, 3.05) is 0 Å². The van der Waals surface area contributed by atoms with E-state index in [1.165, 1.54) is 0 Å². The summed E-state index contributed by atoms with van der Waals surface area (Å²) >= 11 is 6.03. The van der Waals surface area contributed by atoms with Crippen LogP contribution in [0.2, 0.25) is 5.02 Å². The number of rotatable bonds is 2. The molecule has 4 heteroatoms. The Bertz CT molecular complexity index is 785. The Hall–Kier alpha value is -2.57. The highest BCUT2D eigenvalue weighted by atomic mass is 35.5. The SMILES string of the molecule is N#Cc1cc(-c2ccccc2)n(-c2cccc(Cl)c2)n1. The molecule has 0 bridgehead atoms. The molecule has 3 nitrogen and oxygen atoms in total. The van der Waals surface area contributed by atoms with Gasteiger partial charge in [0.1, 0.15) is 6.07 Å². The van der Waals surface area contributed by atoms with Crippen molar-refractivity contribution in [2.24, 2.45) is 0 Å². The molecule has 0 saturated heterocycles. The minimum absolute atomic E-state index is 0.379. The molecular formula is C16H10ClN3. The fourth-order valence-electron chi connectivity index (χ4n) is 2.05. The molecule has 0 fully saturated rings. The van der Waals surface area contributed by atoms with Gasteiger partial charge in [0.2, 0.25) is 0 Å². The molecule has 0 aliphatic carbocycles. The third kappa shape index (κ3) is 2.29. The standard InChI is InChI=1S/C16H10ClN3/c17-13-7-4-8-15(9-13)20-16(10-14(11-18)19-20)12-5-2-1-3-6-12/h1-10H. The first-order valence-electron chi connectivity index (χ1n) is 6.09. The molecule has 0 radical (unpaired) electrons. The van der Waals surface area contributed by atoms with E-state index in [9.17, 15) is 0 Å². The van der Waals surface area contributed by atoms with Gasteiger partial charge in [-0.15, -0.1) is 0 Å². The fraction of sp³-hybridized carbons (Fsp3) is 0. The fourth-order valence-corrected chi connectivity index (χ4v) is 2.24. The van der Waals surface area contributed by atoms with Crippen LogP contribution in [0.4, 0.5) is 0 Å². The maximum atomic E-state index is 9.07. The molecule has 1 aromatic heterocycles. The first kappa shape index (κ1) is 12.5. The average Bonchev–Trinajstić information content (AvgIpc) is 2.92. The molecule has 3 rings (SSSR count). The summed E-state index contributed by atoms with van der Waals surface area (Å²) in [7, 11) is 0. The van der Waals surface area contributed by atoms with Gasteiger partial charge in [0.25, 0.3) is 0 Å². The van der Waals surface area contributed by atoms with E-state index in [0.717, 1.165) is 16.9 Å². The van der Waals surface area contributed by atoms with Crippen molar-refractivity contribution >= 4 is 11.6 Å². The molecule has 0 atom stereocenters. The number of aromatic nitrogens is 2. The Kier molecular flexibility index (Phi) is 3.24. The summed E-state index contributed by atoms with van der Waals surface area (Å²) < 4.78 is 1.74. The van der Waals surface area contributed by atoms with E-state index in [2.05, 4.69) is 11.2 Å². The summed E-state index contributed by atoms with van der Waals surface area (Å²) in [4.78, 5) is 0. The maximum Gasteiger partial charge on any atom is 0.163 e. The highest BCUT2D eigenvalue weighted by Gasteiger charge is 2.11. The number of hydrogen-bond acceptors (Lipinski definition) is 2. The number of nitrogens with zero attached hydrogens (tertiary/aromatic N) is 3. The third-order valence-corrected chi connectivity index (χ3v) is 3.18. The first-order chi connectivity index (χ1) is 9.78. The van der Waals surface area contributed by atoms with Crippen molar-refractivity contribution in [1.29, 1.82) is 5.26 Å². The van der Waals surface area contributed by atoms with E-state index < -0.39 is 0 Å². The quantitative estimate of drug-likeness (QED) is 0.710. The van der Waals surface area contributed by atoms with E-state index in [1.807, 2.05) is 54.6 Å². The third-order valence-electron chi connectivity index (χ3n) is 2.95. The zero-order valence-corrected chi connectivity index (χ0v) is 11.2. The predicted octanol–water partition coefficient (Wildman–Crippen LogP) is 4.06. The Labute approximate surface area is 121 Å². The van der Waals surface area contributed by atoms with Gasteiger partial charge in [0.15, 0.2) is 5.69 Å². The lowest BCUT2D eigenvalue weighted by molar-refractivity contribution is 0.880. The largest absolute Gasteiger partial charge is 0.232 e. The predicted molar refractivity (Wildman–Crippen MR) is 78.7 cm³/mol. The minimum Gasteiger partial charge on any atom is -0.232 e. The molecule has 0 aliphatic rings.